The number of aromatic nitrogens is 5. The Labute approximate surface area is 123 Å². The quantitative estimate of drug-likeness (QED) is 0.779. The van der Waals surface area contributed by atoms with E-state index in [-0.39, 0.29) is 0 Å². The number of nitrogens with one attached hydrogen (secondary N) is 1. The van der Waals surface area contributed by atoms with Gasteiger partial charge in [0.25, 0.3) is 0 Å². The summed E-state index contributed by atoms with van der Waals surface area (Å²) in [5, 5.41) is 16.4. The number of nitrogens with zero attached hydrogens (tertiary/aromatic N) is 5. The summed E-state index contributed by atoms with van der Waals surface area (Å²) in [5.41, 5.74) is 3.25. The number of para-hydroxylation sites is 1. The van der Waals surface area contributed by atoms with Gasteiger partial charge in [0.15, 0.2) is 5.82 Å². The topological polar surface area (TPSA) is 60.6 Å². The number of rotatable bonds is 5. The van der Waals surface area contributed by atoms with Gasteiger partial charge < -0.3 is 5.32 Å². The highest BCUT2D eigenvalue weighted by Crippen LogP contribution is 2.11. The van der Waals surface area contributed by atoms with Gasteiger partial charge in [-0.1, -0.05) is 25.1 Å². The molecular weight excluding hydrogens is 264 g/mol. The van der Waals surface area contributed by atoms with Gasteiger partial charge in [-0.2, -0.15) is 10.2 Å². The molecule has 3 aromatic rings. The fourth-order valence-electron chi connectivity index (χ4n) is 2.24. The SMILES string of the molecule is CCc1nn(C)cc1CNc1cnn(-c2ccccc2)n1. The lowest BCUT2D eigenvalue weighted by Crippen LogP contribution is -2.03. The smallest absolute Gasteiger partial charge is 0.169 e. The Balaban J connectivity index is 1.70. The molecule has 0 aliphatic heterocycles. The average Bonchev–Trinajstić information content (AvgIpc) is 3.12. The molecule has 0 radical (unpaired) electrons. The van der Waals surface area contributed by atoms with Gasteiger partial charge in [0.2, 0.25) is 0 Å². The Morgan fingerprint density at radius 3 is 2.71 bits per heavy atom. The highest BCUT2D eigenvalue weighted by Gasteiger charge is 2.07. The molecule has 0 aliphatic carbocycles. The second-order valence-electron chi connectivity index (χ2n) is 4.84. The van der Waals surface area contributed by atoms with Gasteiger partial charge in [-0.05, 0) is 18.6 Å². The molecule has 3 rings (SSSR count). The molecule has 0 atom stereocenters. The minimum Gasteiger partial charge on any atom is -0.363 e. The fraction of sp³-hybridized carbons (Fsp3) is 0.267. The molecule has 1 aromatic carbocycles. The molecule has 0 bridgehead atoms. The summed E-state index contributed by atoms with van der Waals surface area (Å²) in [5.74, 6) is 0.754. The van der Waals surface area contributed by atoms with Crippen LogP contribution in [0.1, 0.15) is 18.2 Å². The van der Waals surface area contributed by atoms with Gasteiger partial charge in [0.05, 0.1) is 17.6 Å². The summed E-state index contributed by atoms with van der Waals surface area (Å²) >= 11 is 0. The zero-order valence-corrected chi connectivity index (χ0v) is 12.2. The number of benzene rings is 1. The lowest BCUT2D eigenvalue weighted by molar-refractivity contribution is 0.746. The second-order valence-corrected chi connectivity index (χ2v) is 4.84. The largest absolute Gasteiger partial charge is 0.363 e. The minimum absolute atomic E-state index is 0.699. The van der Waals surface area contributed by atoms with Crippen LogP contribution in [0.25, 0.3) is 5.69 Å². The zero-order valence-electron chi connectivity index (χ0n) is 12.2. The maximum Gasteiger partial charge on any atom is 0.169 e. The van der Waals surface area contributed by atoms with Crippen LogP contribution in [0.2, 0.25) is 0 Å². The van der Waals surface area contributed by atoms with Crippen LogP contribution in [0.15, 0.2) is 42.7 Å². The third-order valence-corrected chi connectivity index (χ3v) is 3.27. The monoisotopic (exact) mass is 282 g/mol. The average molecular weight is 282 g/mol. The van der Waals surface area contributed by atoms with Crippen LogP contribution in [0.5, 0.6) is 0 Å². The molecule has 0 spiro atoms. The Kier molecular flexibility index (Phi) is 3.68. The van der Waals surface area contributed by atoms with Gasteiger partial charge in [-0.25, -0.2) is 0 Å². The molecule has 0 fully saturated rings. The summed E-state index contributed by atoms with van der Waals surface area (Å²) in [6.45, 7) is 2.81. The van der Waals surface area contributed by atoms with Crippen LogP contribution in [-0.4, -0.2) is 24.8 Å². The molecule has 1 N–H and O–H groups in total. The van der Waals surface area contributed by atoms with Crippen LogP contribution in [0, 0.1) is 0 Å². The van der Waals surface area contributed by atoms with Gasteiger partial charge in [0, 0.05) is 25.4 Å². The van der Waals surface area contributed by atoms with Crippen LogP contribution in [0.3, 0.4) is 0 Å². The molecule has 108 valence electrons. The third-order valence-electron chi connectivity index (χ3n) is 3.27. The van der Waals surface area contributed by atoms with E-state index < -0.39 is 0 Å². The van der Waals surface area contributed by atoms with Crippen LogP contribution < -0.4 is 5.32 Å². The fourth-order valence-corrected chi connectivity index (χ4v) is 2.24. The summed E-state index contributed by atoms with van der Waals surface area (Å²) < 4.78 is 1.84. The molecule has 0 unspecified atom stereocenters. The second kappa shape index (κ2) is 5.78. The van der Waals surface area contributed by atoms with Crippen molar-refractivity contribution in [2.75, 3.05) is 5.32 Å². The predicted molar refractivity (Wildman–Crippen MR) is 81.3 cm³/mol. The molecule has 0 aliphatic rings. The summed E-state index contributed by atoms with van der Waals surface area (Å²) in [6.07, 6.45) is 4.69. The van der Waals surface area contributed by atoms with E-state index in [0.717, 1.165) is 23.6 Å². The van der Waals surface area contributed by atoms with Crippen molar-refractivity contribution in [2.45, 2.75) is 19.9 Å². The van der Waals surface area contributed by atoms with Crippen LogP contribution in [0.4, 0.5) is 5.82 Å². The molecule has 0 saturated carbocycles. The molecule has 0 amide bonds. The van der Waals surface area contributed by atoms with E-state index in [1.165, 1.54) is 5.56 Å². The Hall–Kier alpha value is -2.63. The van der Waals surface area contributed by atoms with Gasteiger partial charge in [-0.3, -0.25) is 4.68 Å². The Morgan fingerprint density at radius 2 is 1.95 bits per heavy atom. The van der Waals surface area contributed by atoms with E-state index in [2.05, 4.69) is 27.5 Å². The van der Waals surface area contributed by atoms with Crippen molar-refractivity contribution < 1.29 is 0 Å². The van der Waals surface area contributed by atoms with E-state index in [9.17, 15) is 0 Å². The van der Waals surface area contributed by atoms with Gasteiger partial charge >= 0.3 is 0 Å². The molecule has 6 nitrogen and oxygen atoms in total. The molecule has 2 aromatic heterocycles. The predicted octanol–water partition coefficient (Wildman–Crippen LogP) is 2.18. The van der Waals surface area contributed by atoms with Crippen LogP contribution in [-0.2, 0) is 20.0 Å². The van der Waals surface area contributed by atoms with Crippen molar-refractivity contribution >= 4 is 5.82 Å². The highest BCUT2D eigenvalue weighted by atomic mass is 15.5. The van der Waals surface area contributed by atoms with Crippen molar-refractivity contribution in [3.63, 3.8) is 0 Å². The first-order valence-electron chi connectivity index (χ1n) is 6.99. The molecule has 2 heterocycles. The van der Waals surface area contributed by atoms with E-state index in [1.807, 2.05) is 48.3 Å². The molecular formula is C15H18N6. The number of hydrogen-bond acceptors (Lipinski definition) is 4. The first-order valence-corrected chi connectivity index (χ1v) is 6.99. The standard InChI is InChI=1S/C15H18N6/c1-3-14-12(11-20(2)18-14)9-16-15-10-17-21(19-15)13-7-5-4-6-8-13/h4-8,10-11H,3,9H2,1-2H3,(H,16,19). The maximum atomic E-state index is 4.43. The number of hydrogen-bond donors (Lipinski definition) is 1. The van der Waals surface area contributed by atoms with Crippen molar-refractivity contribution in [1.82, 2.24) is 24.8 Å². The summed E-state index contributed by atoms with van der Waals surface area (Å²) in [6, 6.07) is 9.85. The first-order chi connectivity index (χ1) is 10.3. The van der Waals surface area contributed by atoms with E-state index in [0.29, 0.717) is 6.54 Å². The summed E-state index contributed by atoms with van der Waals surface area (Å²) in [4.78, 5) is 1.62. The van der Waals surface area contributed by atoms with E-state index in [4.69, 9.17) is 0 Å². The first kappa shape index (κ1) is 13.4. The minimum atomic E-state index is 0.699. The van der Waals surface area contributed by atoms with Crippen molar-refractivity contribution in [2.24, 2.45) is 7.05 Å². The lowest BCUT2D eigenvalue weighted by Gasteiger charge is -2.02. The Morgan fingerprint density at radius 1 is 1.14 bits per heavy atom. The maximum absolute atomic E-state index is 4.43. The van der Waals surface area contributed by atoms with E-state index >= 15 is 0 Å². The van der Waals surface area contributed by atoms with Crippen molar-refractivity contribution in [3.05, 3.63) is 54.0 Å². The lowest BCUT2D eigenvalue weighted by atomic mass is 10.2. The van der Waals surface area contributed by atoms with Crippen molar-refractivity contribution in [3.8, 4) is 5.69 Å². The molecule has 0 saturated heterocycles. The number of anilines is 1. The van der Waals surface area contributed by atoms with E-state index in [1.54, 1.807) is 11.0 Å². The van der Waals surface area contributed by atoms with Crippen molar-refractivity contribution in [1.29, 1.82) is 0 Å². The van der Waals surface area contributed by atoms with Gasteiger partial charge in [-0.15, -0.1) is 9.90 Å². The normalized spacial score (nSPS) is 10.8. The Bertz CT molecular complexity index is 713. The summed E-state index contributed by atoms with van der Waals surface area (Å²) in [7, 11) is 1.94. The third kappa shape index (κ3) is 2.94. The number of aryl methyl sites for hydroxylation is 2. The molecule has 21 heavy (non-hydrogen) atoms. The van der Waals surface area contributed by atoms with Crippen LogP contribution >= 0.6 is 0 Å². The molecule has 6 heteroatoms. The highest BCUT2D eigenvalue weighted by molar-refractivity contribution is 5.35. The zero-order chi connectivity index (χ0) is 14.7. The van der Waals surface area contributed by atoms with Gasteiger partial charge in [0.1, 0.15) is 0 Å².